The topological polar surface area (TPSA) is 67.0 Å². The van der Waals surface area contributed by atoms with Crippen LogP contribution in [0.25, 0.3) is 10.9 Å². The zero-order valence-electron chi connectivity index (χ0n) is 10.9. The van der Waals surface area contributed by atoms with Crippen LogP contribution < -0.4 is 10.1 Å². The average molecular weight is 267 g/mol. The molecule has 0 aliphatic heterocycles. The van der Waals surface area contributed by atoms with E-state index >= 15 is 0 Å². The van der Waals surface area contributed by atoms with E-state index in [-0.39, 0.29) is 5.91 Å². The number of nitrogens with one attached hydrogen (secondary N) is 2. The molecule has 20 heavy (non-hydrogen) atoms. The Morgan fingerprint density at radius 2 is 2.05 bits per heavy atom. The molecule has 100 valence electrons. The third kappa shape index (κ3) is 2.09. The van der Waals surface area contributed by atoms with E-state index in [1.807, 2.05) is 24.3 Å². The first-order chi connectivity index (χ1) is 9.79. The van der Waals surface area contributed by atoms with Crippen LogP contribution in [-0.2, 0) is 0 Å². The number of benzene rings is 2. The Balaban J connectivity index is 1.95. The van der Waals surface area contributed by atoms with Crippen molar-refractivity contribution in [2.24, 2.45) is 0 Å². The average Bonchev–Trinajstić information content (AvgIpc) is 2.96. The van der Waals surface area contributed by atoms with Gasteiger partial charge < -0.3 is 10.1 Å². The van der Waals surface area contributed by atoms with Crippen LogP contribution in [0.4, 0.5) is 5.69 Å². The number of carbonyl (C=O) groups excluding carboxylic acids is 1. The number of methoxy groups -OCH3 is 1. The third-order valence-corrected chi connectivity index (χ3v) is 3.08. The number of aromatic nitrogens is 2. The summed E-state index contributed by atoms with van der Waals surface area (Å²) in [5.74, 6) is 0.432. The molecule has 1 heterocycles. The number of hydrogen-bond acceptors (Lipinski definition) is 3. The van der Waals surface area contributed by atoms with Crippen molar-refractivity contribution in [3.63, 3.8) is 0 Å². The first kappa shape index (κ1) is 12.2. The summed E-state index contributed by atoms with van der Waals surface area (Å²) in [6, 6.07) is 12.8. The highest BCUT2D eigenvalue weighted by Crippen LogP contribution is 2.24. The van der Waals surface area contributed by atoms with Crippen LogP contribution in [0.15, 0.2) is 48.7 Å². The summed E-state index contributed by atoms with van der Waals surface area (Å²) >= 11 is 0. The second-order valence-electron chi connectivity index (χ2n) is 4.29. The summed E-state index contributed by atoms with van der Waals surface area (Å²) in [7, 11) is 1.57. The maximum absolute atomic E-state index is 12.4. The molecule has 0 unspecified atom stereocenters. The van der Waals surface area contributed by atoms with Crippen LogP contribution in [0.1, 0.15) is 10.4 Å². The molecule has 0 atom stereocenters. The van der Waals surface area contributed by atoms with Gasteiger partial charge in [-0.25, -0.2) is 0 Å². The lowest BCUT2D eigenvalue weighted by molar-refractivity contribution is 0.102. The van der Waals surface area contributed by atoms with Crippen molar-refractivity contribution >= 4 is 22.5 Å². The summed E-state index contributed by atoms with van der Waals surface area (Å²) in [6.45, 7) is 0. The van der Waals surface area contributed by atoms with E-state index in [2.05, 4.69) is 15.5 Å². The van der Waals surface area contributed by atoms with Crippen molar-refractivity contribution in [2.75, 3.05) is 12.4 Å². The fraction of sp³-hybridized carbons (Fsp3) is 0.0667. The second-order valence-corrected chi connectivity index (χ2v) is 4.29. The lowest BCUT2D eigenvalue weighted by atomic mass is 10.1. The van der Waals surface area contributed by atoms with Crippen LogP contribution in [0.2, 0.25) is 0 Å². The van der Waals surface area contributed by atoms with E-state index in [1.165, 1.54) is 0 Å². The van der Waals surface area contributed by atoms with E-state index in [1.54, 1.807) is 31.5 Å². The Hall–Kier alpha value is -2.82. The van der Waals surface area contributed by atoms with Crippen molar-refractivity contribution in [1.29, 1.82) is 0 Å². The van der Waals surface area contributed by atoms with E-state index in [0.717, 1.165) is 10.9 Å². The van der Waals surface area contributed by atoms with Crippen molar-refractivity contribution in [3.8, 4) is 5.75 Å². The number of amides is 1. The molecule has 5 heteroatoms. The number of carbonyl (C=O) groups is 1. The van der Waals surface area contributed by atoms with Gasteiger partial charge in [-0.3, -0.25) is 9.89 Å². The molecule has 0 saturated heterocycles. The number of para-hydroxylation sites is 2. The maximum Gasteiger partial charge on any atom is 0.256 e. The summed E-state index contributed by atoms with van der Waals surface area (Å²) in [4.78, 5) is 12.4. The van der Waals surface area contributed by atoms with Gasteiger partial charge in [-0.05, 0) is 24.3 Å². The fourth-order valence-electron chi connectivity index (χ4n) is 2.10. The quantitative estimate of drug-likeness (QED) is 0.766. The molecule has 0 radical (unpaired) electrons. The molecular formula is C15H13N3O2. The normalized spacial score (nSPS) is 10.4. The molecule has 0 aliphatic rings. The number of anilines is 1. The smallest absolute Gasteiger partial charge is 0.256 e. The predicted octanol–water partition coefficient (Wildman–Crippen LogP) is 2.82. The van der Waals surface area contributed by atoms with Crippen molar-refractivity contribution in [2.45, 2.75) is 0 Å². The number of hydrogen-bond donors (Lipinski definition) is 2. The number of nitrogens with zero attached hydrogens (tertiary/aromatic N) is 1. The van der Waals surface area contributed by atoms with Crippen LogP contribution >= 0.6 is 0 Å². The molecule has 0 aliphatic carbocycles. The molecule has 1 amide bonds. The minimum absolute atomic E-state index is 0.193. The van der Waals surface area contributed by atoms with E-state index in [9.17, 15) is 4.79 Å². The monoisotopic (exact) mass is 267 g/mol. The van der Waals surface area contributed by atoms with Gasteiger partial charge in [-0.15, -0.1) is 0 Å². The highest BCUT2D eigenvalue weighted by atomic mass is 16.5. The van der Waals surface area contributed by atoms with Crippen LogP contribution in [0, 0.1) is 0 Å². The van der Waals surface area contributed by atoms with Gasteiger partial charge in [0.05, 0.1) is 30.1 Å². The lowest BCUT2D eigenvalue weighted by Gasteiger charge is -2.10. The number of fused-ring (bicyclic) bond motifs is 1. The first-order valence-corrected chi connectivity index (χ1v) is 6.16. The van der Waals surface area contributed by atoms with Crippen LogP contribution in [0.3, 0.4) is 0 Å². The molecule has 0 bridgehead atoms. The third-order valence-electron chi connectivity index (χ3n) is 3.08. The minimum atomic E-state index is -0.193. The number of rotatable bonds is 3. The van der Waals surface area contributed by atoms with E-state index < -0.39 is 0 Å². The minimum Gasteiger partial charge on any atom is -0.495 e. The number of ether oxygens (including phenoxy) is 1. The molecule has 0 spiro atoms. The summed E-state index contributed by atoms with van der Waals surface area (Å²) < 4.78 is 5.22. The largest absolute Gasteiger partial charge is 0.495 e. The standard InChI is InChI=1S/C15H13N3O2/c1-20-14-8-3-2-6-13(14)17-15(19)10-5-4-7-12-11(10)9-16-18-12/h2-9H,1H3,(H,16,18)(H,17,19). The number of H-pyrrole nitrogens is 1. The van der Waals surface area contributed by atoms with Crippen molar-refractivity contribution in [1.82, 2.24) is 10.2 Å². The highest BCUT2D eigenvalue weighted by Gasteiger charge is 2.12. The molecule has 0 saturated carbocycles. The van der Waals surface area contributed by atoms with Gasteiger partial charge in [0.25, 0.3) is 5.91 Å². The van der Waals surface area contributed by atoms with Gasteiger partial charge in [0.1, 0.15) is 5.75 Å². The molecule has 5 nitrogen and oxygen atoms in total. The highest BCUT2D eigenvalue weighted by molar-refractivity contribution is 6.12. The van der Waals surface area contributed by atoms with Gasteiger partial charge in [0, 0.05) is 5.39 Å². The van der Waals surface area contributed by atoms with Crippen molar-refractivity contribution in [3.05, 3.63) is 54.2 Å². The Morgan fingerprint density at radius 3 is 2.90 bits per heavy atom. The van der Waals surface area contributed by atoms with Gasteiger partial charge in [-0.1, -0.05) is 18.2 Å². The summed E-state index contributed by atoms with van der Waals surface area (Å²) in [5, 5.41) is 10.4. The lowest BCUT2D eigenvalue weighted by Crippen LogP contribution is -2.12. The zero-order chi connectivity index (χ0) is 13.9. The Morgan fingerprint density at radius 1 is 1.20 bits per heavy atom. The van der Waals surface area contributed by atoms with Crippen molar-refractivity contribution < 1.29 is 9.53 Å². The fourth-order valence-corrected chi connectivity index (χ4v) is 2.10. The molecule has 0 fully saturated rings. The molecular weight excluding hydrogens is 254 g/mol. The molecule has 1 aromatic heterocycles. The zero-order valence-corrected chi connectivity index (χ0v) is 10.9. The number of aromatic amines is 1. The van der Waals surface area contributed by atoms with Gasteiger partial charge in [0.2, 0.25) is 0 Å². The molecule has 3 rings (SSSR count). The predicted molar refractivity (Wildman–Crippen MR) is 77.0 cm³/mol. The Kier molecular flexibility index (Phi) is 3.09. The van der Waals surface area contributed by atoms with E-state index in [4.69, 9.17) is 4.74 Å². The van der Waals surface area contributed by atoms with Crippen LogP contribution in [0.5, 0.6) is 5.75 Å². The summed E-state index contributed by atoms with van der Waals surface area (Å²) in [6.07, 6.45) is 1.65. The van der Waals surface area contributed by atoms with Crippen LogP contribution in [-0.4, -0.2) is 23.2 Å². The van der Waals surface area contributed by atoms with Gasteiger partial charge >= 0.3 is 0 Å². The van der Waals surface area contributed by atoms with Gasteiger partial charge in [-0.2, -0.15) is 5.10 Å². The van der Waals surface area contributed by atoms with Gasteiger partial charge in [0.15, 0.2) is 0 Å². The Labute approximate surface area is 115 Å². The summed E-state index contributed by atoms with van der Waals surface area (Å²) in [5.41, 5.74) is 2.04. The molecule has 3 aromatic rings. The molecule has 2 aromatic carbocycles. The van der Waals surface area contributed by atoms with E-state index in [0.29, 0.717) is 17.0 Å². The Bertz CT molecular complexity index is 764. The molecule has 2 N–H and O–H groups in total. The SMILES string of the molecule is COc1ccccc1NC(=O)c1cccc2[nH]ncc12. The second kappa shape index (κ2) is 5.05. The first-order valence-electron chi connectivity index (χ1n) is 6.16. The maximum atomic E-state index is 12.4.